The lowest BCUT2D eigenvalue weighted by Crippen LogP contribution is -2.35. The number of fused-ring (bicyclic) bond motifs is 2. The molecule has 0 fully saturated rings. The fourth-order valence-electron chi connectivity index (χ4n) is 3.56. The molecule has 30 heavy (non-hydrogen) atoms. The molecule has 0 saturated carbocycles. The zero-order valence-corrected chi connectivity index (χ0v) is 18.2. The average molecular weight is 439 g/mol. The number of nitrogens with zero attached hydrogens (tertiary/aromatic N) is 2. The van der Waals surface area contributed by atoms with Crippen LogP contribution in [0.4, 0.5) is 5.69 Å². The number of aryl methyl sites for hydroxylation is 1. The molecule has 0 bridgehead atoms. The van der Waals surface area contributed by atoms with Crippen LogP contribution in [0.5, 0.6) is 5.75 Å². The van der Waals surface area contributed by atoms with Crippen molar-refractivity contribution < 1.29 is 9.53 Å². The molecule has 4 aromatic rings. The number of carbonyl (C=O) groups excluding carboxylic acids is 1. The summed E-state index contributed by atoms with van der Waals surface area (Å²) in [5.74, 6) is 0.197. The molecule has 4 nitrogen and oxygen atoms in total. The number of hydrogen-bond acceptors (Lipinski definition) is 3. The summed E-state index contributed by atoms with van der Waals surface area (Å²) in [6.45, 7) is 4.17. The van der Waals surface area contributed by atoms with E-state index in [1.807, 2.05) is 68.4 Å². The molecule has 1 heterocycles. The molecule has 0 saturated heterocycles. The largest absolute Gasteiger partial charge is 0.480 e. The van der Waals surface area contributed by atoms with Crippen molar-refractivity contribution in [3.05, 3.63) is 76.4 Å². The van der Waals surface area contributed by atoms with Gasteiger partial charge in [-0.1, -0.05) is 59.6 Å². The monoisotopic (exact) mass is 438 g/mol. The smallest absolute Gasteiger partial charge is 0.264 e. The minimum absolute atomic E-state index is 0.164. The van der Waals surface area contributed by atoms with Crippen molar-refractivity contribution in [1.82, 2.24) is 4.98 Å². The number of hydrogen-bond donors (Lipinski definition) is 0. The van der Waals surface area contributed by atoms with Crippen molar-refractivity contribution in [2.24, 2.45) is 0 Å². The highest BCUT2D eigenvalue weighted by Gasteiger charge is 2.19. The Balaban J connectivity index is 1.65. The summed E-state index contributed by atoms with van der Waals surface area (Å²) in [5, 5.41) is 3.64. The van der Waals surface area contributed by atoms with Gasteiger partial charge in [-0.25, -0.2) is 4.98 Å². The summed E-state index contributed by atoms with van der Waals surface area (Å²) in [7, 11) is 0. The number of ether oxygens (including phenoxy) is 1. The second kappa shape index (κ2) is 8.50. The van der Waals surface area contributed by atoms with E-state index in [1.54, 1.807) is 11.0 Å². The maximum absolute atomic E-state index is 13.1. The van der Waals surface area contributed by atoms with Crippen LogP contribution >= 0.6 is 23.2 Å². The van der Waals surface area contributed by atoms with E-state index in [0.29, 0.717) is 27.9 Å². The van der Waals surface area contributed by atoms with Gasteiger partial charge in [0.25, 0.3) is 5.91 Å². The molecule has 0 N–H and O–H groups in total. The summed E-state index contributed by atoms with van der Waals surface area (Å²) in [6.07, 6.45) is 0. The van der Waals surface area contributed by atoms with Gasteiger partial charge in [0.2, 0.25) is 0 Å². The van der Waals surface area contributed by atoms with E-state index >= 15 is 0 Å². The fraction of sp³-hybridized carbons (Fsp3) is 0.167. The SMILES string of the molecule is CCN(C(=O)COc1c(Cl)cc(Cl)c2ccc(C)nc12)c1cccc2ccccc12. The standard InChI is InChI=1S/C24H20Cl2N2O2/c1-3-28(21-10-6-8-16-7-4-5-9-17(16)21)22(29)14-30-24-20(26)13-19(25)18-12-11-15(2)27-23(18)24/h4-13H,3,14H2,1-2H3. The number of carbonyl (C=O) groups is 1. The molecule has 0 spiro atoms. The molecule has 0 atom stereocenters. The summed E-state index contributed by atoms with van der Waals surface area (Å²) in [5.41, 5.74) is 2.21. The molecule has 4 rings (SSSR count). The van der Waals surface area contributed by atoms with E-state index in [9.17, 15) is 4.79 Å². The van der Waals surface area contributed by atoms with Crippen molar-refractivity contribution >= 4 is 56.5 Å². The van der Waals surface area contributed by atoms with Gasteiger partial charge in [-0.05, 0) is 43.5 Å². The third-order valence-corrected chi connectivity index (χ3v) is 5.59. The van der Waals surface area contributed by atoms with E-state index in [2.05, 4.69) is 4.98 Å². The van der Waals surface area contributed by atoms with E-state index in [1.165, 1.54) is 0 Å². The van der Waals surface area contributed by atoms with Crippen LogP contribution in [-0.4, -0.2) is 24.0 Å². The first-order valence-corrected chi connectivity index (χ1v) is 10.4. The normalized spacial score (nSPS) is 11.1. The van der Waals surface area contributed by atoms with Gasteiger partial charge in [0.1, 0.15) is 5.52 Å². The molecular formula is C24H20Cl2N2O2. The molecule has 0 aliphatic carbocycles. The Morgan fingerprint density at radius 1 is 1.00 bits per heavy atom. The Labute approximate surface area is 185 Å². The number of amides is 1. The quantitative estimate of drug-likeness (QED) is 0.360. The van der Waals surface area contributed by atoms with Gasteiger partial charge in [-0.15, -0.1) is 0 Å². The van der Waals surface area contributed by atoms with E-state index in [0.717, 1.165) is 27.5 Å². The number of anilines is 1. The van der Waals surface area contributed by atoms with Crippen LogP contribution in [0.3, 0.4) is 0 Å². The van der Waals surface area contributed by atoms with E-state index in [4.69, 9.17) is 27.9 Å². The summed E-state index contributed by atoms with van der Waals surface area (Å²) < 4.78 is 5.89. The minimum atomic E-state index is -0.166. The zero-order valence-electron chi connectivity index (χ0n) is 16.7. The Morgan fingerprint density at radius 2 is 1.77 bits per heavy atom. The summed E-state index contributed by atoms with van der Waals surface area (Å²) in [4.78, 5) is 19.3. The molecule has 0 aliphatic heterocycles. The molecule has 3 aromatic carbocycles. The third-order valence-electron chi connectivity index (χ3n) is 4.99. The minimum Gasteiger partial charge on any atom is -0.480 e. The van der Waals surface area contributed by atoms with E-state index in [-0.39, 0.29) is 12.5 Å². The molecule has 1 amide bonds. The lowest BCUT2D eigenvalue weighted by atomic mass is 10.1. The van der Waals surface area contributed by atoms with Gasteiger partial charge in [0.15, 0.2) is 12.4 Å². The van der Waals surface area contributed by atoms with Gasteiger partial charge in [0, 0.05) is 23.0 Å². The molecule has 0 unspecified atom stereocenters. The number of rotatable bonds is 5. The summed E-state index contributed by atoms with van der Waals surface area (Å²) >= 11 is 12.7. The number of benzene rings is 3. The van der Waals surface area contributed by atoms with Crippen LogP contribution in [-0.2, 0) is 4.79 Å². The predicted octanol–water partition coefficient (Wildman–Crippen LogP) is 6.44. The number of halogens is 2. The highest BCUT2D eigenvalue weighted by atomic mass is 35.5. The van der Waals surface area contributed by atoms with Gasteiger partial charge < -0.3 is 9.64 Å². The topological polar surface area (TPSA) is 42.4 Å². The molecule has 152 valence electrons. The second-order valence-corrected chi connectivity index (χ2v) is 7.76. The van der Waals surface area contributed by atoms with Crippen molar-refractivity contribution in [2.75, 3.05) is 18.1 Å². The summed E-state index contributed by atoms with van der Waals surface area (Å²) in [6, 6.07) is 19.3. The van der Waals surface area contributed by atoms with Crippen molar-refractivity contribution in [3.8, 4) is 5.75 Å². The van der Waals surface area contributed by atoms with Crippen LogP contribution in [0.15, 0.2) is 60.7 Å². The molecular weight excluding hydrogens is 419 g/mol. The van der Waals surface area contributed by atoms with E-state index < -0.39 is 0 Å². The third kappa shape index (κ3) is 3.81. The number of aromatic nitrogens is 1. The first-order chi connectivity index (χ1) is 14.5. The van der Waals surface area contributed by atoms with Crippen LogP contribution in [0.1, 0.15) is 12.6 Å². The van der Waals surface area contributed by atoms with Crippen LogP contribution in [0, 0.1) is 6.92 Å². The highest BCUT2D eigenvalue weighted by Crippen LogP contribution is 2.37. The first kappa shape index (κ1) is 20.5. The Bertz CT molecular complexity index is 1250. The highest BCUT2D eigenvalue weighted by molar-refractivity contribution is 6.39. The lowest BCUT2D eigenvalue weighted by molar-refractivity contribution is -0.120. The Kier molecular flexibility index (Phi) is 5.80. The fourth-order valence-corrected chi connectivity index (χ4v) is 4.13. The van der Waals surface area contributed by atoms with Crippen molar-refractivity contribution in [1.29, 1.82) is 0 Å². The van der Waals surface area contributed by atoms with Gasteiger partial charge in [-0.3, -0.25) is 4.79 Å². The zero-order chi connectivity index (χ0) is 21.3. The molecule has 0 radical (unpaired) electrons. The Morgan fingerprint density at radius 3 is 2.57 bits per heavy atom. The first-order valence-electron chi connectivity index (χ1n) is 9.66. The van der Waals surface area contributed by atoms with Crippen LogP contribution in [0.2, 0.25) is 10.0 Å². The lowest BCUT2D eigenvalue weighted by Gasteiger charge is -2.23. The number of likely N-dealkylation sites (N-methyl/N-ethyl adjacent to an activating group) is 1. The van der Waals surface area contributed by atoms with Crippen LogP contribution in [0.25, 0.3) is 21.7 Å². The predicted molar refractivity (Wildman–Crippen MR) is 124 cm³/mol. The maximum Gasteiger partial charge on any atom is 0.264 e. The molecule has 0 aliphatic rings. The van der Waals surface area contributed by atoms with Crippen molar-refractivity contribution in [3.63, 3.8) is 0 Å². The second-order valence-electron chi connectivity index (χ2n) is 6.94. The van der Waals surface area contributed by atoms with Gasteiger partial charge >= 0.3 is 0 Å². The maximum atomic E-state index is 13.1. The van der Waals surface area contributed by atoms with Crippen LogP contribution < -0.4 is 9.64 Å². The van der Waals surface area contributed by atoms with Gasteiger partial charge in [0.05, 0.1) is 15.7 Å². The molecule has 6 heteroatoms. The van der Waals surface area contributed by atoms with Crippen molar-refractivity contribution in [2.45, 2.75) is 13.8 Å². The molecule has 1 aromatic heterocycles. The average Bonchev–Trinajstić information content (AvgIpc) is 2.74. The Hall–Kier alpha value is -2.82. The number of pyridine rings is 1. The van der Waals surface area contributed by atoms with Gasteiger partial charge in [-0.2, -0.15) is 0 Å².